The molecule has 2 rings (SSSR count). The largest absolute Gasteiger partial charge is 0.310 e. The molecule has 1 aromatic carbocycles. The SMILES string of the molecule is Cc1nc(CNCCNS(=O)(=O)c2cccc(Cl)c2)cs1. The minimum Gasteiger partial charge on any atom is -0.310 e. The molecule has 0 amide bonds. The summed E-state index contributed by atoms with van der Waals surface area (Å²) >= 11 is 7.39. The fraction of sp³-hybridized carbons (Fsp3) is 0.308. The number of aryl methyl sites for hydroxylation is 1. The zero-order valence-electron chi connectivity index (χ0n) is 11.5. The van der Waals surface area contributed by atoms with Crippen LogP contribution >= 0.6 is 22.9 Å². The molecule has 8 heteroatoms. The fourth-order valence-corrected chi connectivity index (χ4v) is 3.64. The average Bonchev–Trinajstić information content (AvgIpc) is 2.84. The van der Waals surface area contributed by atoms with Crippen LogP contribution < -0.4 is 10.0 Å². The molecule has 0 aliphatic rings. The molecule has 0 unspecified atom stereocenters. The molecule has 5 nitrogen and oxygen atoms in total. The van der Waals surface area contributed by atoms with Crippen LogP contribution in [0, 0.1) is 6.92 Å². The molecule has 0 radical (unpaired) electrons. The van der Waals surface area contributed by atoms with E-state index in [-0.39, 0.29) is 4.90 Å². The summed E-state index contributed by atoms with van der Waals surface area (Å²) in [5.41, 5.74) is 0.968. The first-order valence-corrected chi connectivity index (χ1v) is 9.08. The van der Waals surface area contributed by atoms with E-state index in [9.17, 15) is 8.42 Å². The number of aromatic nitrogens is 1. The van der Waals surface area contributed by atoms with Crippen LogP contribution in [0.25, 0.3) is 0 Å². The smallest absolute Gasteiger partial charge is 0.240 e. The number of nitrogens with one attached hydrogen (secondary N) is 2. The maximum Gasteiger partial charge on any atom is 0.240 e. The minimum atomic E-state index is -3.51. The summed E-state index contributed by atoms with van der Waals surface area (Å²) in [6, 6.07) is 6.19. The van der Waals surface area contributed by atoms with Crippen LogP contribution in [0.2, 0.25) is 5.02 Å². The van der Waals surface area contributed by atoms with E-state index in [0.29, 0.717) is 24.7 Å². The van der Waals surface area contributed by atoms with E-state index in [0.717, 1.165) is 10.7 Å². The number of nitrogens with zero attached hydrogens (tertiary/aromatic N) is 1. The van der Waals surface area contributed by atoms with Crippen LogP contribution in [0.4, 0.5) is 0 Å². The Hall–Kier alpha value is -0.990. The van der Waals surface area contributed by atoms with E-state index in [1.54, 1.807) is 23.5 Å². The molecular formula is C13H16ClN3O2S2. The fourth-order valence-electron chi connectivity index (χ4n) is 1.70. The lowest BCUT2D eigenvalue weighted by Crippen LogP contribution is -2.31. The molecule has 0 aliphatic heterocycles. The highest BCUT2D eigenvalue weighted by Gasteiger charge is 2.13. The molecule has 2 N–H and O–H groups in total. The van der Waals surface area contributed by atoms with Gasteiger partial charge in [-0.15, -0.1) is 11.3 Å². The first kappa shape index (κ1) is 16.4. The zero-order chi connectivity index (χ0) is 15.3. The number of benzene rings is 1. The summed E-state index contributed by atoms with van der Waals surface area (Å²) in [7, 11) is -3.51. The normalized spacial score (nSPS) is 11.7. The molecule has 2 aromatic rings. The number of thiazole rings is 1. The van der Waals surface area contributed by atoms with Crippen LogP contribution in [-0.2, 0) is 16.6 Å². The van der Waals surface area contributed by atoms with Crippen LogP contribution in [0.5, 0.6) is 0 Å². The van der Waals surface area contributed by atoms with Gasteiger partial charge in [-0.05, 0) is 25.1 Å². The highest BCUT2D eigenvalue weighted by atomic mass is 35.5. The Morgan fingerprint density at radius 3 is 2.81 bits per heavy atom. The van der Waals surface area contributed by atoms with Gasteiger partial charge in [0.25, 0.3) is 0 Å². The standard InChI is InChI=1S/C13H16ClN3O2S2/c1-10-17-12(9-20-10)8-15-5-6-16-21(18,19)13-4-2-3-11(14)7-13/h2-4,7,9,15-16H,5-6,8H2,1H3. The van der Waals surface area contributed by atoms with E-state index in [2.05, 4.69) is 15.0 Å². The molecule has 0 bridgehead atoms. The average molecular weight is 346 g/mol. The predicted octanol–water partition coefficient (Wildman–Crippen LogP) is 2.17. The van der Waals surface area contributed by atoms with E-state index in [1.165, 1.54) is 12.1 Å². The molecule has 0 saturated carbocycles. The van der Waals surface area contributed by atoms with Gasteiger partial charge in [0.05, 0.1) is 15.6 Å². The van der Waals surface area contributed by atoms with Gasteiger partial charge in [0.15, 0.2) is 0 Å². The Bertz CT molecular complexity index is 701. The predicted molar refractivity (Wildman–Crippen MR) is 85.2 cm³/mol. The van der Waals surface area contributed by atoms with Crippen molar-refractivity contribution in [3.05, 3.63) is 45.4 Å². The highest BCUT2D eigenvalue weighted by molar-refractivity contribution is 7.89. The second-order valence-electron chi connectivity index (χ2n) is 4.39. The van der Waals surface area contributed by atoms with Crippen molar-refractivity contribution in [1.29, 1.82) is 0 Å². The summed E-state index contributed by atoms with van der Waals surface area (Å²) in [5, 5.41) is 6.55. The summed E-state index contributed by atoms with van der Waals surface area (Å²) in [5.74, 6) is 0. The number of hydrogen-bond donors (Lipinski definition) is 2. The lowest BCUT2D eigenvalue weighted by Gasteiger charge is -2.07. The Morgan fingerprint density at radius 1 is 1.33 bits per heavy atom. The van der Waals surface area contributed by atoms with Gasteiger partial charge in [0.1, 0.15) is 0 Å². The van der Waals surface area contributed by atoms with Crippen molar-refractivity contribution in [2.45, 2.75) is 18.4 Å². The lowest BCUT2D eigenvalue weighted by molar-refractivity contribution is 0.575. The van der Waals surface area contributed by atoms with Gasteiger partial charge in [0, 0.05) is 30.0 Å². The maximum absolute atomic E-state index is 12.0. The van der Waals surface area contributed by atoms with Gasteiger partial charge in [-0.25, -0.2) is 18.1 Å². The number of rotatable bonds is 7. The quantitative estimate of drug-likeness (QED) is 0.754. The first-order valence-electron chi connectivity index (χ1n) is 6.34. The molecule has 1 heterocycles. The van der Waals surface area contributed by atoms with Crippen molar-refractivity contribution in [1.82, 2.24) is 15.0 Å². The van der Waals surface area contributed by atoms with Crippen molar-refractivity contribution in [2.75, 3.05) is 13.1 Å². The molecule has 0 saturated heterocycles. The zero-order valence-corrected chi connectivity index (χ0v) is 13.9. The highest BCUT2D eigenvalue weighted by Crippen LogP contribution is 2.14. The molecule has 0 aliphatic carbocycles. The number of halogens is 1. The van der Waals surface area contributed by atoms with Crippen LogP contribution in [0.3, 0.4) is 0 Å². The molecule has 1 aromatic heterocycles. The summed E-state index contributed by atoms with van der Waals surface area (Å²) in [6.45, 7) is 3.41. The Balaban J connectivity index is 1.77. The third-order valence-corrected chi connectivity index (χ3v) is 5.19. The van der Waals surface area contributed by atoms with Crippen LogP contribution in [0.15, 0.2) is 34.5 Å². The minimum absolute atomic E-state index is 0.171. The van der Waals surface area contributed by atoms with Crippen molar-refractivity contribution >= 4 is 33.0 Å². The third kappa shape index (κ3) is 5.05. The van der Waals surface area contributed by atoms with E-state index < -0.39 is 10.0 Å². The molecular weight excluding hydrogens is 330 g/mol. The Morgan fingerprint density at radius 2 is 2.14 bits per heavy atom. The van der Waals surface area contributed by atoms with Gasteiger partial charge in [-0.3, -0.25) is 0 Å². The lowest BCUT2D eigenvalue weighted by atomic mass is 10.4. The van der Waals surface area contributed by atoms with Crippen molar-refractivity contribution < 1.29 is 8.42 Å². The second-order valence-corrected chi connectivity index (χ2v) is 7.66. The Kier molecular flexibility index (Phi) is 5.72. The van der Waals surface area contributed by atoms with E-state index >= 15 is 0 Å². The third-order valence-electron chi connectivity index (χ3n) is 2.67. The summed E-state index contributed by atoms with van der Waals surface area (Å²) in [4.78, 5) is 4.49. The number of sulfonamides is 1. The van der Waals surface area contributed by atoms with Crippen LogP contribution in [-0.4, -0.2) is 26.5 Å². The van der Waals surface area contributed by atoms with Gasteiger partial charge < -0.3 is 5.32 Å². The van der Waals surface area contributed by atoms with Gasteiger partial charge >= 0.3 is 0 Å². The number of hydrogen-bond acceptors (Lipinski definition) is 5. The topological polar surface area (TPSA) is 71.1 Å². The van der Waals surface area contributed by atoms with Gasteiger partial charge in [0.2, 0.25) is 10.0 Å². The monoisotopic (exact) mass is 345 g/mol. The Labute approximate surface area is 133 Å². The van der Waals surface area contributed by atoms with Crippen molar-refractivity contribution in [3.63, 3.8) is 0 Å². The molecule has 114 valence electrons. The van der Waals surface area contributed by atoms with Crippen molar-refractivity contribution in [3.8, 4) is 0 Å². The summed E-state index contributed by atoms with van der Waals surface area (Å²) in [6.07, 6.45) is 0. The maximum atomic E-state index is 12.0. The molecule has 21 heavy (non-hydrogen) atoms. The van der Waals surface area contributed by atoms with Crippen molar-refractivity contribution in [2.24, 2.45) is 0 Å². The molecule has 0 atom stereocenters. The first-order chi connectivity index (χ1) is 9.97. The van der Waals surface area contributed by atoms with E-state index in [4.69, 9.17) is 11.6 Å². The molecule has 0 spiro atoms. The van der Waals surface area contributed by atoms with Gasteiger partial charge in [-0.2, -0.15) is 0 Å². The summed E-state index contributed by atoms with van der Waals surface area (Å²) < 4.78 is 26.6. The van der Waals surface area contributed by atoms with Crippen LogP contribution in [0.1, 0.15) is 10.7 Å². The van der Waals surface area contributed by atoms with Gasteiger partial charge in [-0.1, -0.05) is 17.7 Å². The second kappa shape index (κ2) is 7.33. The molecule has 0 fully saturated rings. The van der Waals surface area contributed by atoms with E-state index in [1.807, 2.05) is 12.3 Å².